The Balaban J connectivity index is 1.86. The highest BCUT2D eigenvalue weighted by molar-refractivity contribution is 7.80. The maximum Gasteiger partial charge on any atom is 0.166 e. The van der Waals surface area contributed by atoms with Gasteiger partial charge in [-0.3, -0.25) is 0 Å². The number of thiocarbonyl (C=S) groups is 1. The highest BCUT2D eigenvalue weighted by atomic mass is 32.1. The fourth-order valence-electron chi connectivity index (χ4n) is 1.02. The minimum Gasteiger partial charge on any atom is -0.363 e. The second-order valence-corrected chi connectivity index (χ2v) is 3.51. The molecule has 0 radical (unpaired) electrons. The summed E-state index contributed by atoms with van der Waals surface area (Å²) in [6.45, 7) is 0.864. The fraction of sp³-hybridized carbons (Fsp3) is 0.875. The van der Waals surface area contributed by atoms with E-state index in [4.69, 9.17) is 12.2 Å². The van der Waals surface area contributed by atoms with Crippen molar-refractivity contribution in [3.63, 3.8) is 0 Å². The average molecular weight is 190 g/mol. The van der Waals surface area contributed by atoms with Crippen molar-refractivity contribution in [2.75, 3.05) is 19.8 Å². The maximum absolute atomic E-state index is 11.7. The third-order valence-electron chi connectivity index (χ3n) is 1.92. The highest BCUT2D eigenvalue weighted by Gasteiger charge is 2.20. The van der Waals surface area contributed by atoms with Gasteiger partial charge < -0.3 is 10.6 Å². The molecule has 0 aromatic carbocycles. The molecular weight excluding hydrogens is 175 g/mol. The molecule has 1 rings (SSSR count). The van der Waals surface area contributed by atoms with Gasteiger partial charge in [0.2, 0.25) is 0 Å². The summed E-state index contributed by atoms with van der Waals surface area (Å²) in [7, 11) is 0. The highest BCUT2D eigenvalue weighted by Crippen LogP contribution is 2.31. The second kappa shape index (κ2) is 5.30. The van der Waals surface area contributed by atoms with Crippen molar-refractivity contribution in [3.8, 4) is 0 Å². The zero-order chi connectivity index (χ0) is 8.81. The Morgan fingerprint density at radius 2 is 2.00 bits per heavy atom. The Morgan fingerprint density at radius 1 is 1.33 bits per heavy atom. The number of alkyl halides is 1. The van der Waals surface area contributed by atoms with E-state index < -0.39 is 0 Å². The summed E-state index contributed by atoms with van der Waals surface area (Å²) in [5.41, 5.74) is 0. The van der Waals surface area contributed by atoms with Crippen molar-refractivity contribution in [3.05, 3.63) is 0 Å². The van der Waals surface area contributed by atoms with Crippen LogP contribution in [0, 0.1) is 5.92 Å². The number of nitrogens with one attached hydrogen (secondary N) is 2. The second-order valence-electron chi connectivity index (χ2n) is 3.10. The lowest BCUT2D eigenvalue weighted by atomic mass is 10.3. The topological polar surface area (TPSA) is 24.1 Å². The first-order valence-corrected chi connectivity index (χ1v) is 4.81. The smallest absolute Gasteiger partial charge is 0.166 e. The fourth-order valence-corrected chi connectivity index (χ4v) is 1.22. The molecule has 1 aliphatic carbocycles. The van der Waals surface area contributed by atoms with Crippen LogP contribution in [0.1, 0.15) is 19.3 Å². The first-order valence-electron chi connectivity index (χ1n) is 4.40. The summed E-state index contributed by atoms with van der Waals surface area (Å²) in [6.07, 6.45) is 3.93. The Morgan fingerprint density at radius 3 is 2.58 bits per heavy atom. The lowest BCUT2D eigenvalue weighted by Gasteiger charge is -2.07. The molecule has 1 saturated carbocycles. The normalized spacial score (nSPS) is 15.8. The molecule has 0 aromatic rings. The van der Waals surface area contributed by atoms with Gasteiger partial charge in [-0.1, -0.05) is 12.8 Å². The van der Waals surface area contributed by atoms with Crippen LogP contribution in [0.2, 0.25) is 0 Å². The zero-order valence-electron chi connectivity index (χ0n) is 7.11. The van der Waals surface area contributed by atoms with Crippen molar-refractivity contribution in [2.24, 2.45) is 5.92 Å². The zero-order valence-corrected chi connectivity index (χ0v) is 7.92. The maximum atomic E-state index is 11.7. The van der Waals surface area contributed by atoms with Crippen LogP contribution in [-0.2, 0) is 0 Å². The predicted octanol–water partition coefficient (Wildman–Crippen LogP) is 1.22. The van der Waals surface area contributed by atoms with Gasteiger partial charge in [-0.15, -0.1) is 0 Å². The molecule has 12 heavy (non-hydrogen) atoms. The van der Waals surface area contributed by atoms with E-state index in [2.05, 4.69) is 10.6 Å². The summed E-state index contributed by atoms with van der Waals surface area (Å²) < 4.78 is 11.7. The van der Waals surface area contributed by atoms with Crippen molar-refractivity contribution in [2.45, 2.75) is 19.3 Å². The monoisotopic (exact) mass is 190 g/mol. The van der Waals surface area contributed by atoms with Gasteiger partial charge in [-0.2, -0.15) is 0 Å². The standard InChI is InChI=1S/C8H15FN2S/c9-4-6-11-8(12)10-5-3-7-1-2-7/h7H,1-6H2,(H2,10,11,12). The van der Waals surface area contributed by atoms with E-state index in [0.717, 1.165) is 12.5 Å². The molecule has 0 bridgehead atoms. The molecule has 4 heteroatoms. The summed E-state index contributed by atoms with van der Waals surface area (Å²) in [6, 6.07) is 0. The summed E-state index contributed by atoms with van der Waals surface area (Å²) in [5, 5.41) is 6.39. The first kappa shape index (κ1) is 9.71. The summed E-state index contributed by atoms with van der Waals surface area (Å²) >= 11 is 4.90. The van der Waals surface area contributed by atoms with Crippen LogP contribution in [0.25, 0.3) is 0 Å². The van der Waals surface area contributed by atoms with E-state index >= 15 is 0 Å². The third kappa shape index (κ3) is 4.49. The van der Waals surface area contributed by atoms with Gasteiger partial charge in [0.15, 0.2) is 5.11 Å². The average Bonchev–Trinajstić information content (AvgIpc) is 2.84. The van der Waals surface area contributed by atoms with Crippen molar-refractivity contribution in [1.82, 2.24) is 10.6 Å². The van der Waals surface area contributed by atoms with Gasteiger partial charge in [-0.05, 0) is 24.6 Å². The lowest BCUT2D eigenvalue weighted by Crippen LogP contribution is -2.36. The molecule has 0 spiro atoms. The molecule has 0 heterocycles. The van der Waals surface area contributed by atoms with E-state index in [1.807, 2.05) is 0 Å². The molecule has 0 atom stereocenters. The first-order chi connectivity index (χ1) is 5.83. The van der Waals surface area contributed by atoms with E-state index in [1.165, 1.54) is 19.3 Å². The van der Waals surface area contributed by atoms with Crippen LogP contribution in [-0.4, -0.2) is 24.9 Å². The van der Waals surface area contributed by atoms with E-state index in [1.54, 1.807) is 0 Å². The molecule has 0 aromatic heterocycles. The minimum absolute atomic E-state index is 0.315. The Bertz CT molecular complexity index is 148. The Kier molecular flexibility index (Phi) is 4.29. The van der Waals surface area contributed by atoms with Crippen LogP contribution in [0.4, 0.5) is 4.39 Å². The molecule has 70 valence electrons. The van der Waals surface area contributed by atoms with Crippen LogP contribution in [0.15, 0.2) is 0 Å². The van der Waals surface area contributed by atoms with Gasteiger partial charge in [0.1, 0.15) is 6.67 Å². The summed E-state index contributed by atoms with van der Waals surface area (Å²) in [4.78, 5) is 0. The Labute approximate surface area is 77.9 Å². The summed E-state index contributed by atoms with van der Waals surface area (Å²) in [5.74, 6) is 0.918. The minimum atomic E-state index is -0.371. The number of halogens is 1. The van der Waals surface area contributed by atoms with Crippen molar-refractivity contribution >= 4 is 17.3 Å². The number of hydrogen-bond acceptors (Lipinski definition) is 1. The largest absolute Gasteiger partial charge is 0.363 e. The van der Waals surface area contributed by atoms with Gasteiger partial charge >= 0.3 is 0 Å². The SMILES string of the molecule is FCCNC(=S)NCCC1CC1. The quantitative estimate of drug-likeness (QED) is 0.637. The van der Waals surface area contributed by atoms with E-state index in [0.29, 0.717) is 11.7 Å². The Hall–Kier alpha value is -0.380. The van der Waals surface area contributed by atoms with Crippen LogP contribution in [0.5, 0.6) is 0 Å². The van der Waals surface area contributed by atoms with E-state index in [-0.39, 0.29) is 6.67 Å². The van der Waals surface area contributed by atoms with Gasteiger partial charge in [-0.25, -0.2) is 4.39 Å². The molecule has 1 aliphatic rings. The van der Waals surface area contributed by atoms with Gasteiger partial charge in [0.25, 0.3) is 0 Å². The molecule has 2 nitrogen and oxygen atoms in total. The molecule has 2 N–H and O–H groups in total. The van der Waals surface area contributed by atoms with Crippen LogP contribution < -0.4 is 10.6 Å². The molecule has 1 fully saturated rings. The van der Waals surface area contributed by atoms with Crippen molar-refractivity contribution in [1.29, 1.82) is 0 Å². The molecule has 0 aliphatic heterocycles. The number of hydrogen-bond donors (Lipinski definition) is 2. The van der Waals surface area contributed by atoms with Crippen molar-refractivity contribution < 1.29 is 4.39 Å². The van der Waals surface area contributed by atoms with Crippen LogP contribution >= 0.6 is 12.2 Å². The predicted molar refractivity (Wildman–Crippen MR) is 51.9 cm³/mol. The number of rotatable bonds is 5. The van der Waals surface area contributed by atoms with Gasteiger partial charge in [0, 0.05) is 13.1 Å². The van der Waals surface area contributed by atoms with Crippen LogP contribution in [0.3, 0.4) is 0 Å². The van der Waals surface area contributed by atoms with Gasteiger partial charge in [0.05, 0.1) is 0 Å². The molecule has 0 amide bonds. The van der Waals surface area contributed by atoms with E-state index in [9.17, 15) is 4.39 Å². The lowest BCUT2D eigenvalue weighted by molar-refractivity contribution is 0.490. The third-order valence-corrected chi connectivity index (χ3v) is 2.20. The molecule has 0 saturated heterocycles. The molecule has 0 unspecified atom stereocenters. The molecular formula is C8H15FN2S.